The lowest BCUT2D eigenvalue weighted by Crippen LogP contribution is -2.45. The van der Waals surface area contributed by atoms with E-state index in [-0.39, 0.29) is 24.8 Å². The lowest BCUT2D eigenvalue weighted by atomic mass is 10.1. The van der Waals surface area contributed by atoms with Gasteiger partial charge in [0.1, 0.15) is 11.5 Å². The van der Waals surface area contributed by atoms with Crippen molar-refractivity contribution >= 4 is 34.0 Å². The molecule has 0 unspecified atom stereocenters. The number of carbonyl (C=O) groups is 2. The lowest BCUT2D eigenvalue weighted by molar-refractivity contribution is -0.125. The van der Waals surface area contributed by atoms with E-state index in [9.17, 15) is 9.59 Å². The Morgan fingerprint density at radius 3 is 2.77 bits per heavy atom. The molecule has 154 valence electrons. The molecule has 2 amide bonds. The van der Waals surface area contributed by atoms with Gasteiger partial charge in [-0.05, 0) is 43.3 Å². The van der Waals surface area contributed by atoms with E-state index in [0.717, 1.165) is 17.0 Å². The van der Waals surface area contributed by atoms with Crippen molar-refractivity contribution < 1.29 is 19.1 Å². The van der Waals surface area contributed by atoms with Crippen molar-refractivity contribution in [2.75, 3.05) is 23.9 Å². The molecule has 3 aromatic rings. The third-order valence-corrected chi connectivity index (χ3v) is 5.53. The summed E-state index contributed by atoms with van der Waals surface area (Å²) < 4.78 is 10.8. The van der Waals surface area contributed by atoms with E-state index in [1.165, 1.54) is 11.3 Å². The van der Waals surface area contributed by atoms with Gasteiger partial charge < -0.3 is 19.7 Å². The van der Waals surface area contributed by atoms with E-state index in [0.29, 0.717) is 16.6 Å². The zero-order valence-corrected chi connectivity index (χ0v) is 17.4. The minimum absolute atomic E-state index is 0.155. The molecule has 8 heteroatoms. The van der Waals surface area contributed by atoms with E-state index in [1.807, 2.05) is 53.9 Å². The molecule has 0 bridgehead atoms. The van der Waals surface area contributed by atoms with E-state index in [2.05, 4.69) is 10.3 Å². The van der Waals surface area contributed by atoms with Crippen LogP contribution in [0.1, 0.15) is 13.3 Å². The highest BCUT2D eigenvalue weighted by Gasteiger charge is 2.31. The van der Waals surface area contributed by atoms with Gasteiger partial charge in [-0.15, -0.1) is 11.3 Å². The molecule has 0 saturated heterocycles. The summed E-state index contributed by atoms with van der Waals surface area (Å²) in [7, 11) is 1.62. The number of ether oxygens (including phenoxy) is 2. The average Bonchev–Trinajstić information content (AvgIpc) is 3.22. The second-order valence-corrected chi connectivity index (χ2v) is 7.64. The number of para-hydroxylation sites is 2. The number of nitrogens with zero attached hydrogens (tertiary/aromatic N) is 2. The van der Waals surface area contributed by atoms with Crippen LogP contribution in [0, 0.1) is 0 Å². The fourth-order valence-corrected chi connectivity index (χ4v) is 3.95. The summed E-state index contributed by atoms with van der Waals surface area (Å²) in [4.78, 5) is 31.1. The number of hydrogen-bond acceptors (Lipinski definition) is 6. The number of aromatic nitrogens is 1. The van der Waals surface area contributed by atoms with Crippen LogP contribution in [-0.4, -0.2) is 36.6 Å². The van der Waals surface area contributed by atoms with Crippen molar-refractivity contribution in [1.82, 2.24) is 4.98 Å². The second kappa shape index (κ2) is 8.54. The summed E-state index contributed by atoms with van der Waals surface area (Å²) >= 11 is 1.36. The van der Waals surface area contributed by atoms with Gasteiger partial charge in [-0.3, -0.25) is 9.59 Å². The van der Waals surface area contributed by atoms with Gasteiger partial charge in [0.2, 0.25) is 5.91 Å². The molecule has 1 N–H and O–H groups in total. The molecule has 0 radical (unpaired) electrons. The first-order valence-electron chi connectivity index (χ1n) is 9.52. The zero-order chi connectivity index (χ0) is 21.1. The van der Waals surface area contributed by atoms with Gasteiger partial charge in [0, 0.05) is 23.9 Å². The third kappa shape index (κ3) is 4.13. The summed E-state index contributed by atoms with van der Waals surface area (Å²) in [5.74, 6) is 1.07. The van der Waals surface area contributed by atoms with Crippen LogP contribution in [0.2, 0.25) is 0 Å². The van der Waals surface area contributed by atoms with E-state index < -0.39 is 6.10 Å². The fourth-order valence-electron chi connectivity index (χ4n) is 3.21. The Morgan fingerprint density at radius 1 is 1.23 bits per heavy atom. The largest absolute Gasteiger partial charge is 0.497 e. The SMILES string of the molecule is COc1ccc(-c2csc(NC(=O)CCN3C(=O)[C@@H](C)Oc4ccccc43)n2)cc1. The topological polar surface area (TPSA) is 80.8 Å². The molecule has 1 atom stereocenters. The molecular weight excluding hydrogens is 402 g/mol. The van der Waals surface area contributed by atoms with Crippen molar-refractivity contribution in [2.24, 2.45) is 0 Å². The highest BCUT2D eigenvalue weighted by atomic mass is 32.1. The number of thiazole rings is 1. The second-order valence-electron chi connectivity index (χ2n) is 6.78. The normalized spacial score (nSPS) is 15.3. The van der Waals surface area contributed by atoms with Crippen LogP contribution in [0.5, 0.6) is 11.5 Å². The van der Waals surface area contributed by atoms with Crippen LogP contribution < -0.4 is 19.7 Å². The molecule has 0 saturated carbocycles. The van der Waals surface area contributed by atoms with Crippen LogP contribution in [0.3, 0.4) is 0 Å². The van der Waals surface area contributed by atoms with Crippen molar-refractivity contribution in [1.29, 1.82) is 0 Å². The summed E-state index contributed by atoms with van der Waals surface area (Å²) in [6.07, 6.45) is -0.418. The van der Waals surface area contributed by atoms with Crippen molar-refractivity contribution in [2.45, 2.75) is 19.4 Å². The maximum atomic E-state index is 12.5. The molecule has 2 heterocycles. The summed E-state index contributed by atoms with van der Waals surface area (Å²) in [6.45, 7) is 1.98. The molecular formula is C22H21N3O4S. The number of carbonyl (C=O) groups excluding carboxylic acids is 2. The molecule has 0 aliphatic carbocycles. The van der Waals surface area contributed by atoms with Crippen LogP contribution in [0.4, 0.5) is 10.8 Å². The summed E-state index contributed by atoms with van der Waals surface area (Å²) in [5, 5.41) is 5.23. The molecule has 30 heavy (non-hydrogen) atoms. The Bertz CT molecular complexity index is 1060. The summed E-state index contributed by atoms with van der Waals surface area (Å²) in [5.41, 5.74) is 2.41. The maximum absolute atomic E-state index is 12.5. The maximum Gasteiger partial charge on any atom is 0.267 e. The van der Waals surface area contributed by atoms with E-state index >= 15 is 0 Å². The van der Waals surface area contributed by atoms with Gasteiger partial charge in [-0.1, -0.05) is 12.1 Å². The first-order valence-corrected chi connectivity index (χ1v) is 10.4. The van der Waals surface area contributed by atoms with Crippen LogP contribution >= 0.6 is 11.3 Å². The Morgan fingerprint density at radius 2 is 2.00 bits per heavy atom. The number of methoxy groups -OCH3 is 1. The van der Waals surface area contributed by atoms with Gasteiger partial charge >= 0.3 is 0 Å². The Hall–Kier alpha value is -3.39. The number of amides is 2. The fraction of sp³-hybridized carbons (Fsp3) is 0.227. The van der Waals surface area contributed by atoms with Crippen LogP contribution in [-0.2, 0) is 9.59 Å². The number of anilines is 2. The quantitative estimate of drug-likeness (QED) is 0.649. The first kappa shape index (κ1) is 19.9. The standard InChI is InChI=1S/C22H21N3O4S/c1-14-21(27)25(18-5-3-4-6-19(18)29-14)12-11-20(26)24-22-23-17(13-30-22)15-7-9-16(28-2)10-8-15/h3-10,13-14H,11-12H2,1-2H3,(H,23,24,26)/t14-/m1/s1. The Labute approximate surface area is 178 Å². The van der Waals surface area contributed by atoms with Gasteiger partial charge in [-0.2, -0.15) is 0 Å². The predicted octanol–water partition coefficient (Wildman–Crippen LogP) is 3.96. The minimum Gasteiger partial charge on any atom is -0.497 e. The molecule has 0 fully saturated rings. The van der Waals surface area contributed by atoms with Gasteiger partial charge in [-0.25, -0.2) is 4.98 Å². The summed E-state index contributed by atoms with van der Waals surface area (Å²) in [6, 6.07) is 14.9. The molecule has 1 aliphatic heterocycles. The predicted molar refractivity (Wildman–Crippen MR) is 116 cm³/mol. The van der Waals surface area contributed by atoms with Crippen molar-refractivity contribution in [3.05, 3.63) is 53.9 Å². The number of benzene rings is 2. The van der Waals surface area contributed by atoms with E-state index in [4.69, 9.17) is 9.47 Å². The number of fused-ring (bicyclic) bond motifs is 1. The molecule has 1 aliphatic rings. The molecule has 1 aromatic heterocycles. The van der Waals surface area contributed by atoms with E-state index in [1.54, 1.807) is 18.9 Å². The van der Waals surface area contributed by atoms with Gasteiger partial charge in [0.25, 0.3) is 5.91 Å². The number of rotatable bonds is 6. The highest BCUT2D eigenvalue weighted by Crippen LogP contribution is 2.33. The Kier molecular flexibility index (Phi) is 5.67. The molecule has 2 aromatic carbocycles. The molecule has 4 rings (SSSR count). The average molecular weight is 423 g/mol. The van der Waals surface area contributed by atoms with Gasteiger partial charge in [0.15, 0.2) is 11.2 Å². The number of hydrogen-bond donors (Lipinski definition) is 1. The molecule has 0 spiro atoms. The highest BCUT2D eigenvalue weighted by molar-refractivity contribution is 7.14. The monoisotopic (exact) mass is 423 g/mol. The van der Waals surface area contributed by atoms with Gasteiger partial charge in [0.05, 0.1) is 18.5 Å². The van der Waals surface area contributed by atoms with Crippen molar-refractivity contribution in [3.8, 4) is 22.8 Å². The zero-order valence-electron chi connectivity index (χ0n) is 16.6. The first-order chi connectivity index (χ1) is 14.5. The van der Waals surface area contributed by atoms with Crippen molar-refractivity contribution in [3.63, 3.8) is 0 Å². The van der Waals surface area contributed by atoms with Crippen LogP contribution in [0.25, 0.3) is 11.3 Å². The Balaban J connectivity index is 1.38. The third-order valence-electron chi connectivity index (χ3n) is 4.77. The number of nitrogens with one attached hydrogen (secondary N) is 1. The smallest absolute Gasteiger partial charge is 0.267 e. The minimum atomic E-state index is -0.575. The lowest BCUT2D eigenvalue weighted by Gasteiger charge is -2.32. The molecule has 7 nitrogen and oxygen atoms in total. The van der Waals surface area contributed by atoms with Crippen LogP contribution in [0.15, 0.2) is 53.9 Å².